The number of likely N-dealkylation sites (N-methyl/N-ethyl adjacent to an activating group) is 1. The minimum atomic E-state index is -0.0791. The molecule has 0 saturated carbocycles. The molecule has 1 heterocycles. The Labute approximate surface area is 169 Å². The van der Waals surface area contributed by atoms with Gasteiger partial charge in [-0.05, 0) is 54.6 Å². The van der Waals surface area contributed by atoms with E-state index in [4.69, 9.17) is 9.47 Å². The SMILES string of the molecule is C=CCOc1ccc(/C=C2\SC(=Nc3ccccc3)N(C)C2=O)cc1OCC. The normalized spacial score (nSPS) is 16.6. The summed E-state index contributed by atoms with van der Waals surface area (Å²) in [5.74, 6) is 1.21. The summed E-state index contributed by atoms with van der Waals surface area (Å²) in [6.45, 7) is 6.50. The fourth-order valence-electron chi connectivity index (χ4n) is 2.57. The molecule has 0 aromatic heterocycles. The molecule has 1 aliphatic heterocycles. The maximum absolute atomic E-state index is 12.6. The predicted octanol–water partition coefficient (Wildman–Crippen LogP) is 4.88. The van der Waals surface area contributed by atoms with Crippen molar-refractivity contribution in [2.75, 3.05) is 20.3 Å². The van der Waals surface area contributed by atoms with Gasteiger partial charge >= 0.3 is 0 Å². The van der Waals surface area contributed by atoms with Crippen LogP contribution in [0.5, 0.6) is 11.5 Å². The first-order chi connectivity index (χ1) is 13.6. The van der Waals surface area contributed by atoms with Gasteiger partial charge in [-0.1, -0.05) is 36.9 Å². The molecule has 1 aliphatic rings. The summed E-state index contributed by atoms with van der Waals surface area (Å²) in [4.78, 5) is 19.4. The van der Waals surface area contributed by atoms with Crippen LogP contribution < -0.4 is 9.47 Å². The Morgan fingerprint density at radius 1 is 1.14 bits per heavy atom. The first-order valence-corrected chi connectivity index (χ1v) is 9.76. The molecule has 3 rings (SSSR count). The smallest absolute Gasteiger partial charge is 0.266 e. The van der Waals surface area contributed by atoms with E-state index in [1.165, 1.54) is 11.8 Å². The largest absolute Gasteiger partial charge is 0.490 e. The summed E-state index contributed by atoms with van der Waals surface area (Å²) >= 11 is 1.36. The quantitative estimate of drug-likeness (QED) is 0.496. The lowest BCUT2D eigenvalue weighted by Gasteiger charge is -2.11. The van der Waals surface area contributed by atoms with E-state index in [1.807, 2.05) is 61.5 Å². The molecule has 0 radical (unpaired) electrons. The third-order valence-corrected chi connectivity index (χ3v) is 4.97. The molecular formula is C22H22N2O3S. The molecule has 0 unspecified atom stereocenters. The van der Waals surface area contributed by atoms with Crippen LogP contribution in [-0.2, 0) is 4.79 Å². The Morgan fingerprint density at radius 3 is 2.64 bits per heavy atom. The van der Waals surface area contributed by atoms with Crippen molar-refractivity contribution in [3.05, 3.63) is 71.7 Å². The number of ether oxygens (including phenoxy) is 2. The number of amidine groups is 1. The molecule has 28 heavy (non-hydrogen) atoms. The van der Waals surface area contributed by atoms with Gasteiger partial charge in [0.25, 0.3) is 5.91 Å². The van der Waals surface area contributed by atoms with E-state index in [2.05, 4.69) is 11.6 Å². The van der Waals surface area contributed by atoms with Crippen LogP contribution in [0.1, 0.15) is 12.5 Å². The van der Waals surface area contributed by atoms with Gasteiger partial charge in [0, 0.05) is 7.05 Å². The molecule has 1 fully saturated rings. The predicted molar refractivity (Wildman–Crippen MR) is 115 cm³/mol. The second-order valence-electron chi connectivity index (χ2n) is 5.94. The number of carbonyl (C=O) groups is 1. The van der Waals surface area contributed by atoms with Gasteiger partial charge in [-0.2, -0.15) is 0 Å². The van der Waals surface area contributed by atoms with Crippen LogP contribution >= 0.6 is 11.8 Å². The second-order valence-corrected chi connectivity index (χ2v) is 6.95. The number of amides is 1. The lowest BCUT2D eigenvalue weighted by molar-refractivity contribution is -0.121. The molecule has 5 nitrogen and oxygen atoms in total. The van der Waals surface area contributed by atoms with Crippen molar-refractivity contribution in [3.8, 4) is 11.5 Å². The average molecular weight is 394 g/mol. The zero-order valence-corrected chi connectivity index (χ0v) is 16.7. The van der Waals surface area contributed by atoms with Crippen LogP contribution in [0.25, 0.3) is 6.08 Å². The van der Waals surface area contributed by atoms with Gasteiger partial charge in [-0.25, -0.2) is 4.99 Å². The van der Waals surface area contributed by atoms with Crippen molar-refractivity contribution < 1.29 is 14.3 Å². The number of carbonyl (C=O) groups excluding carboxylic acids is 1. The summed E-state index contributed by atoms with van der Waals surface area (Å²) < 4.78 is 11.3. The van der Waals surface area contributed by atoms with E-state index >= 15 is 0 Å². The van der Waals surface area contributed by atoms with Gasteiger partial charge in [-0.3, -0.25) is 9.69 Å². The van der Waals surface area contributed by atoms with Gasteiger partial charge in [-0.15, -0.1) is 0 Å². The highest BCUT2D eigenvalue weighted by Crippen LogP contribution is 2.35. The summed E-state index contributed by atoms with van der Waals surface area (Å²) in [6.07, 6.45) is 3.53. The third kappa shape index (κ3) is 4.64. The van der Waals surface area contributed by atoms with Crippen LogP contribution in [0, 0.1) is 0 Å². The molecular weight excluding hydrogens is 372 g/mol. The monoisotopic (exact) mass is 394 g/mol. The molecule has 0 atom stereocenters. The van der Waals surface area contributed by atoms with Gasteiger partial charge in [0.2, 0.25) is 0 Å². The zero-order valence-electron chi connectivity index (χ0n) is 15.9. The average Bonchev–Trinajstić information content (AvgIpc) is 2.96. The van der Waals surface area contributed by atoms with Crippen molar-refractivity contribution in [1.82, 2.24) is 4.90 Å². The minimum Gasteiger partial charge on any atom is -0.490 e. The number of hydrogen-bond acceptors (Lipinski definition) is 5. The van der Waals surface area contributed by atoms with E-state index in [0.717, 1.165) is 11.3 Å². The van der Waals surface area contributed by atoms with Crippen molar-refractivity contribution in [2.45, 2.75) is 6.92 Å². The third-order valence-electron chi connectivity index (χ3n) is 3.91. The fraction of sp³-hybridized carbons (Fsp3) is 0.182. The number of benzene rings is 2. The maximum atomic E-state index is 12.6. The number of nitrogens with zero attached hydrogens (tertiary/aromatic N) is 2. The molecule has 2 aromatic carbocycles. The van der Waals surface area contributed by atoms with Crippen LogP contribution in [-0.4, -0.2) is 36.2 Å². The molecule has 2 aromatic rings. The van der Waals surface area contributed by atoms with E-state index < -0.39 is 0 Å². The van der Waals surface area contributed by atoms with E-state index in [0.29, 0.717) is 34.8 Å². The van der Waals surface area contributed by atoms with Gasteiger partial charge in [0.15, 0.2) is 16.7 Å². The molecule has 144 valence electrons. The molecule has 1 amide bonds. The maximum Gasteiger partial charge on any atom is 0.266 e. The Morgan fingerprint density at radius 2 is 1.93 bits per heavy atom. The summed E-state index contributed by atoms with van der Waals surface area (Å²) in [5, 5.41) is 0.651. The first-order valence-electron chi connectivity index (χ1n) is 8.94. The summed E-state index contributed by atoms with van der Waals surface area (Å²) in [6, 6.07) is 15.2. The fourth-order valence-corrected chi connectivity index (χ4v) is 3.55. The van der Waals surface area contributed by atoms with Crippen molar-refractivity contribution in [1.29, 1.82) is 0 Å². The standard InChI is InChI=1S/C22H22N2O3S/c1-4-13-27-18-12-11-16(14-19(18)26-5-2)15-20-21(25)24(3)22(28-20)23-17-9-7-6-8-10-17/h4,6-12,14-15H,1,5,13H2,2-3H3/b20-15-,23-22?. The highest BCUT2D eigenvalue weighted by Gasteiger charge is 2.30. The summed E-state index contributed by atoms with van der Waals surface area (Å²) in [5.41, 5.74) is 1.67. The number of para-hydroxylation sites is 1. The topological polar surface area (TPSA) is 51.1 Å². The number of rotatable bonds is 7. The first kappa shape index (κ1) is 19.8. The minimum absolute atomic E-state index is 0.0791. The Hall–Kier alpha value is -2.99. The van der Waals surface area contributed by atoms with Crippen LogP contribution in [0.3, 0.4) is 0 Å². The van der Waals surface area contributed by atoms with Crippen LogP contribution in [0.15, 0.2) is 71.1 Å². The molecule has 0 spiro atoms. The van der Waals surface area contributed by atoms with Gasteiger partial charge in [0.05, 0.1) is 17.2 Å². The van der Waals surface area contributed by atoms with E-state index in [-0.39, 0.29) is 5.91 Å². The number of aliphatic imine (C=N–C) groups is 1. The van der Waals surface area contributed by atoms with Gasteiger partial charge < -0.3 is 9.47 Å². The second kappa shape index (κ2) is 9.28. The zero-order chi connectivity index (χ0) is 19.9. The Bertz CT molecular complexity index is 923. The number of hydrogen-bond donors (Lipinski definition) is 0. The molecule has 0 N–H and O–H groups in total. The Balaban J connectivity index is 1.86. The van der Waals surface area contributed by atoms with Crippen LogP contribution in [0.2, 0.25) is 0 Å². The van der Waals surface area contributed by atoms with Crippen molar-refractivity contribution in [3.63, 3.8) is 0 Å². The number of thioether (sulfide) groups is 1. The highest BCUT2D eigenvalue weighted by molar-refractivity contribution is 8.18. The molecule has 0 bridgehead atoms. The summed E-state index contributed by atoms with van der Waals surface area (Å²) in [7, 11) is 1.73. The van der Waals surface area contributed by atoms with Crippen molar-refractivity contribution >= 4 is 34.6 Å². The Kier molecular flexibility index (Phi) is 6.55. The van der Waals surface area contributed by atoms with E-state index in [9.17, 15) is 4.79 Å². The van der Waals surface area contributed by atoms with Crippen LogP contribution in [0.4, 0.5) is 5.69 Å². The van der Waals surface area contributed by atoms with E-state index in [1.54, 1.807) is 18.0 Å². The lowest BCUT2D eigenvalue weighted by Crippen LogP contribution is -2.23. The molecule has 0 aliphatic carbocycles. The molecule has 1 saturated heterocycles. The van der Waals surface area contributed by atoms with Gasteiger partial charge in [0.1, 0.15) is 6.61 Å². The van der Waals surface area contributed by atoms with Crippen molar-refractivity contribution in [2.24, 2.45) is 4.99 Å². The molecule has 6 heteroatoms. The lowest BCUT2D eigenvalue weighted by atomic mass is 10.2. The highest BCUT2D eigenvalue weighted by atomic mass is 32.2.